The third-order valence-corrected chi connectivity index (χ3v) is 6.15. The Kier molecular flexibility index (Phi) is 4.42. The molecule has 6 heteroatoms. The van der Waals surface area contributed by atoms with Gasteiger partial charge in [0.15, 0.2) is 0 Å². The van der Waals surface area contributed by atoms with Gasteiger partial charge in [0, 0.05) is 18.2 Å². The number of benzene rings is 1. The molecule has 3 unspecified atom stereocenters. The second-order valence-corrected chi connectivity index (χ2v) is 7.61. The molecule has 3 atom stereocenters. The maximum absolute atomic E-state index is 13.1. The summed E-state index contributed by atoms with van der Waals surface area (Å²) in [5.74, 6) is -0.962. The van der Waals surface area contributed by atoms with Crippen LogP contribution >= 0.6 is 0 Å². The van der Waals surface area contributed by atoms with E-state index in [1.807, 2.05) is 24.3 Å². The Hall–Kier alpha value is -2.37. The van der Waals surface area contributed by atoms with Gasteiger partial charge in [-0.1, -0.05) is 31.0 Å². The molecule has 138 valence electrons. The largest absolute Gasteiger partial charge is 0.480 e. The molecular weight excluding hydrogens is 332 g/mol. The molecular formula is C20H24N2O4. The number of carbonyl (C=O) groups excluding carboxylic acids is 2. The molecule has 0 aromatic heterocycles. The lowest BCUT2D eigenvalue weighted by Gasteiger charge is -2.35. The second kappa shape index (κ2) is 6.74. The Morgan fingerprint density at radius 3 is 2.69 bits per heavy atom. The van der Waals surface area contributed by atoms with Gasteiger partial charge in [0.2, 0.25) is 11.8 Å². The number of hydrogen-bond donors (Lipinski definition) is 1. The minimum absolute atomic E-state index is 0.00693. The Labute approximate surface area is 152 Å². The van der Waals surface area contributed by atoms with Gasteiger partial charge in [0.1, 0.15) is 12.6 Å². The first kappa shape index (κ1) is 17.1. The second-order valence-electron chi connectivity index (χ2n) is 7.61. The van der Waals surface area contributed by atoms with Gasteiger partial charge in [0.05, 0.1) is 0 Å². The normalized spacial score (nSPS) is 27.8. The molecule has 2 fully saturated rings. The van der Waals surface area contributed by atoms with E-state index >= 15 is 0 Å². The first-order valence-electron chi connectivity index (χ1n) is 9.48. The number of carbonyl (C=O) groups is 3. The highest BCUT2D eigenvalue weighted by molar-refractivity contribution is 6.01. The van der Waals surface area contributed by atoms with Gasteiger partial charge in [0.25, 0.3) is 0 Å². The van der Waals surface area contributed by atoms with Crippen LogP contribution in [0.25, 0.3) is 0 Å². The lowest BCUT2D eigenvalue weighted by atomic mass is 9.85. The third kappa shape index (κ3) is 2.87. The SMILES string of the molecule is O=C(O)C1CC2CCCCC2N1C(=O)CN1C(=O)CCc2ccccc21. The van der Waals surface area contributed by atoms with Crippen LogP contribution in [-0.2, 0) is 20.8 Å². The van der Waals surface area contributed by atoms with Gasteiger partial charge >= 0.3 is 5.97 Å². The van der Waals surface area contributed by atoms with Gasteiger partial charge in [-0.3, -0.25) is 9.59 Å². The van der Waals surface area contributed by atoms with Crippen LogP contribution < -0.4 is 4.90 Å². The highest BCUT2D eigenvalue weighted by Crippen LogP contribution is 2.40. The summed E-state index contributed by atoms with van der Waals surface area (Å²) >= 11 is 0. The van der Waals surface area contributed by atoms with E-state index in [0.717, 1.165) is 36.9 Å². The summed E-state index contributed by atoms with van der Waals surface area (Å²) < 4.78 is 0. The maximum atomic E-state index is 13.1. The number of likely N-dealkylation sites (tertiary alicyclic amines) is 1. The third-order valence-electron chi connectivity index (χ3n) is 6.15. The van der Waals surface area contributed by atoms with Crippen molar-refractivity contribution in [2.24, 2.45) is 5.92 Å². The fraction of sp³-hybridized carbons (Fsp3) is 0.550. The lowest BCUT2D eigenvalue weighted by Crippen LogP contribution is -2.51. The summed E-state index contributed by atoms with van der Waals surface area (Å²) in [6.07, 6.45) is 5.60. The zero-order valence-corrected chi connectivity index (χ0v) is 14.8. The Bertz CT molecular complexity index is 747. The van der Waals surface area contributed by atoms with Crippen molar-refractivity contribution in [1.29, 1.82) is 0 Å². The molecule has 1 saturated carbocycles. The number of anilines is 1. The van der Waals surface area contributed by atoms with E-state index in [1.165, 1.54) is 4.90 Å². The summed E-state index contributed by atoms with van der Waals surface area (Å²) in [4.78, 5) is 40.4. The minimum atomic E-state index is -0.932. The van der Waals surface area contributed by atoms with E-state index in [0.29, 0.717) is 19.3 Å². The first-order chi connectivity index (χ1) is 12.6. The van der Waals surface area contributed by atoms with Crippen LogP contribution in [0, 0.1) is 5.92 Å². The lowest BCUT2D eigenvalue weighted by molar-refractivity contribution is -0.149. The van der Waals surface area contributed by atoms with E-state index in [-0.39, 0.29) is 30.3 Å². The summed E-state index contributed by atoms with van der Waals surface area (Å²) in [5.41, 5.74) is 1.84. The standard InChI is InChI=1S/C20H24N2O4/c23-18-10-9-13-5-1-3-7-15(13)21(18)12-19(24)22-16-8-4-2-6-14(16)11-17(22)20(25)26/h1,3,5,7,14,16-17H,2,4,6,8-12H2,(H,25,26). The highest BCUT2D eigenvalue weighted by atomic mass is 16.4. The minimum Gasteiger partial charge on any atom is -0.480 e. The predicted molar refractivity (Wildman–Crippen MR) is 95.7 cm³/mol. The summed E-state index contributed by atoms with van der Waals surface area (Å²) in [6, 6.07) is 6.89. The monoisotopic (exact) mass is 356 g/mol. The number of nitrogens with zero attached hydrogens (tertiary/aromatic N) is 2. The van der Waals surface area contributed by atoms with Crippen LogP contribution in [0.1, 0.15) is 44.1 Å². The van der Waals surface area contributed by atoms with Crippen LogP contribution in [0.2, 0.25) is 0 Å². The number of carboxylic acid groups (broad SMARTS) is 1. The van der Waals surface area contributed by atoms with Gasteiger partial charge in [-0.2, -0.15) is 0 Å². The number of amides is 2. The molecule has 6 nitrogen and oxygen atoms in total. The number of fused-ring (bicyclic) bond motifs is 2. The van der Waals surface area contributed by atoms with Crippen molar-refractivity contribution < 1.29 is 19.5 Å². The Balaban J connectivity index is 1.59. The molecule has 2 aliphatic heterocycles. The highest BCUT2D eigenvalue weighted by Gasteiger charge is 2.47. The Morgan fingerprint density at radius 2 is 1.88 bits per heavy atom. The molecule has 1 aromatic carbocycles. The van der Waals surface area contributed by atoms with Crippen molar-refractivity contribution in [1.82, 2.24) is 4.90 Å². The average Bonchev–Trinajstić information content (AvgIpc) is 3.04. The van der Waals surface area contributed by atoms with E-state index < -0.39 is 12.0 Å². The van der Waals surface area contributed by atoms with Crippen LogP contribution in [0.4, 0.5) is 5.69 Å². The van der Waals surface area contributed by atoms with E-state index in [9.17, 15) is 19.5 Å². The van der Waals surface area contributed by atoms with Crippen molar-refractivity contribution in [3.8, 4) is 0 Å². The molecule has 1 saturated heterocycles. The molecule has 4 rings (SSSR count). The van der Waals surface area contributed by atoms with E-state index in [1.54, 1.807) is 4.90 Å². The maximum Gasteiger partial charge on any atom is 0.326 e. The van der Waals surface area contributed by atoms with E-state index in [2.05, 4.69) is 0 Å². The molecule has 0 bridgehead atoms. The molecule has 1 N–H and O–H groups in total. The number of para-hydroxylation sites is 1. The fourth-order valence-electron chi connectivity index (χ4n) is 4.93. The molecule has 1 aromatic rings. The summed E-state index contributed by atoms with van der Waals surface area (Å²) in [6.45, 7) is -0.0666. The molecule has 3 aliphatic rings. The molecule has 0 radical (unpaired) electrons. The average molecular weight is 356 g/mol. The van der Waals surface area contributed by atoms with Gasteiger partial charge in [-0.05, 0) is 43.2 Å². The Morgan fingerprint density at radius 1 is 1.12 bits per heavy atom. The van der Waals surface area contributed by atoms with Crippen LogP contribution in [0.5, 0.6) is 0 Å². The van der Waals surface area contributed by atoms with Crippen LogP contribution in [0.15, 0.2) is 24.3 Å². The van der Waals surface area contributed by atoms with Gasteiger partial charge < -0.3 is 14.9 Å². The molecule has 1 aliphatic carbocycles. The molecule has 2 heterocycles. The van der Waals surface area contributed by atoms with Crippen molar-refractivity contribution in [3.05, 3.63) is 29.8 Å². The quantitative estimate of drug-likeness (QED) is 0.901. The van der Waals surface area contributed by atoms with Crippen molar-refractivity contribution in [2.75, 3.05) is 11.4 Å². The van der Waals surface area contributed by atoms with Crippen molar-refractivity contribution in [3.63, 3.8) is 0 Å². The summed E-state index contributed by atoms with van der Waals surface area (Å²) in [5, 5.41) is 9.62. The number of rotatable bonds is 3. The molecule has 0 spiro atoms. The van der Waals surface area contributed by atoms with Crippen LogP contribution in [-0.4, -0.2) is 46.4 Å². The summed E-state index contributed by atoms with van der Waals surface area (Å²) in [7, 11) is 0. The predicted octanol–water partition coefficient (Wildman–Crippen LogP) is 2.21. The number of hydrogen-bond acceptors (Lipinski definition) is 3. The van der Waals surface area contributed by atoms with Gasteiger partial charge in [-0.15, -0.1) is 0 Å². The van der Waals surface area contributed by atoms with Crippen molar-refractivity contribution >= 4 is 23.5 Å². The van der Waals surface area contributed by atoms with E-state index in [4.69, 9.17) is 0 Å². The zero-order valence-electron chi connectivity index (χ0n) is 14.8. The smallest absolute Gasteiger partial charge is 0.326 e. The van der Waals surface area contributed by atoms with Crippen LogP contribution in [0.3, 0.4) is 0 Å². The topological polar surface area (TPSA) is 77.9 Å². The van der Waals surface area contributed by atoms with Gasteiger partial charge in [-0.25, -0.2) is 4.79 Å². The van der Waals surface area contributed by atoms with Crippen molar-refractivity contribution in [2.45, 2.75) is 57.0 Å². The molecule has 26 heavy (non-hydrogen) atoms. The molecule has 2 amide bonds. The first-order valence-corrected chi connectivity index (χ1v) is 9.48. The fourth-order valence-corrected chi connectivity index (χ4v) is 4.93. The zero-order chi connectivity index (χ0) is 18.3. The number of carboxylic acids is 1. The number of aryl methyl sites for hydroxylation is 1. The number of aliphatic carboxylic acids is 1.